The Morgan fingerprint density at radius 3 is 2.50 bits per heavy atom. The minimum absolute atomic E-state index is 0.0458. The smallest absolute Gasteiger partial charge is 0.264 e. The number of hydrogen-bond donors (Lipinski definition) is 1. The van der Waals surface area contributed by atoms with E-state index in [4.69, 9.17) is 27.9 Å². The standard InChI is InChI=1S/C27H24Cl2N4O4S/c1-17-4-10-23(11-5-17)38(35,36)33(25-13-21(28)8-6-18(25)2)16-26(34)32-30-15-20-12-19-7-9-22(37-3)14-24(19)31-27(20)29/h4-15H,16H2,1-3H3,(H,32,34)/b30-15-. The predicted octanol–water partition coefficient (Wildman–Crippen LogP) is 5.51. The van der Waals surface area contributed by atoms with E-state index >= 15 is 0 Å². The van der Waals surface area contributed by atoms with Crippen LogP contribution in [0, 0.1) is 13.8 Å². The van der Waals surface area contributed by atoms with Crippen LogP contribution in [-0.4, -0.2) is 39.2 Å². The molecule has 0 bridgehead atoms. The monoisotopic (exact) mass is 570 g/mol. The first-order valence-electron chi connectivity index (χ1n) is 11.4. The molecule has 1 amide bonds. The molecule has 3 aromatic carbocycles. The lowest BCUT2D eigenvalue weighted by Crippen LogP contribution is -2.40. The van der Waals surface area contributed by atoms with Crippen LogP contribution in [0.4, 0.5) is 5.69 Å². The first kappa shape index (κ1) is 27.4. The van der Waals surface area contributed by atoms with Gasteiger partial charge in [-0.15, -0.1) is 0 Å². The molecule has 38 heavy (non-hydrogen) atoms. The number of carbonyl (C=O) groups is 1. The van der Waals surface area contributed by atoms with Gasteiger partial charge in [0.15, 0.2) is 0 Å². The molecule has 8 nitrogen and oxygen atoms in total. The van der Waals surface area contributed by atoms with Crippen LogP contribution >= 0.6 is 23.2 Å². The van der Waals surface area contributed by atoms with E-state index in [1.165, 1.54) is 24.4 Å². The van der Waals surface area contributed by atoms with Crippen LogP contribution in [0.5, 0.6) is 5.75 Å². The van der Waals surface area contributed by atoms with Crippen molar-refractivity contribution in [1.29, 1.82) is 0 Å². The molecule has 0 aliphatic heterocycles. The normalized spacial score (nSPS) is 11.6. The van der Waals surface area contributed by atoms with Crippen molar-refractivity contribution < 1.29 is 17.9 Å². The summed E-state index contributed by atoms with van der Waals surface area (Å²) in [5, 5.41) is 5.30. The molecular formula is C27H24Cl2N4O4S. The maximum atomic E-state index is 13.6. The average Bonchev–Trinajstić information content (AvgIpc) is 2.89. The number of pyridine rings is 1. The summed E-state index contributed by atoms with van der Waals surface area (Å²) in [5.41, 5.74) is 5.31. The summed E-state index contributed by atoms with van der Waals surface area (Å²) in [4.78, 5) is 17.3. The van der Waals surface area contributed by atoms with Crippen LogP contribution in [0.15, 0.2) is 76.7 Å². The fourth-order valence-electron chi connectivity index (χ4n) is 3.69. The Balaban J connectivity index is 1.59. The molecule has 4 aromatic rings. The molecule has 0 spiro atoms. The molecule has 1 N–H and O–H groups in total. The van der Waals surface area contributed by atoms with Crippen LogP contribution < -0.4 is 14.5 Å². The van der Waals surface area contributed by atoms with Crippen molar-refractivity contribution >= 4 is 61.9 Å². The fourth-order valence-corrected chi connectivity index (χ4v) is 5.52. The Bertz CT molecular complexity index is 1640. The molecular weight excluding hydrogens is 547 g/mol. The lowest BCUT2D eigenvalue weighted by Gasteiger charge is -2.25. The summed E-state index contributed by atoms with van der Waals surface area (Å²) < 4.78 is 33.4. The molecule has 0 saturated heterocycles. The zero-order chi connectivity index (χ0) is 27.4. The van der Waals surface area contributed by atoms with Crippen LogP contribution in [0.25, 0.3) is 10.9 Å². The number of anilines is 1. The first-order chi connectivity index (χ1) is 18.1. The third kappa shape index (κ3) is 6.07. The molecule has 0 aliphatic rings. The molecule has 0 aliphatic carbocycles. The Morgan fingerprint density at radius 2 is 1.79 bits per heavy atom. The predicted molar refractivity (Wildman–Crippen MR) is 151 cm³/mol. The van der Waals surface area contributed by atoms with Crippen LogP contribution in [0.3, 0.4) is 0 Å². The average molecular weight is 571 g/mol. The summed E-state index contributed by atoms with van der Waals surface area (Å²) in [6.07, 6.45) is 1.35. The molecule has 0 unspecified atom stereocenters. The second-order valence-electron chi connectivity index (χ2n) is 8.48. The molecule has 0 fully saturated rings. The number of aromatic nitrogens is 1. The highest BCUT2D eigenvalue weighted by Gasteiger charge is 2.28. The van der Waals surface area contributed by atoms with Gasteiger partial charge in [-0.2, -0.15) is 5.10 Å². The van der Waals surface area contributed by atoms with E-state index in [0.29, 0.717) is 27.4 Å². The Kier molecular flexibility index (Phi) is 8.20. The van der Waals surface area contributed by atoms with Gasteiger partial charge in [-0.1, -0.05) is 47.0 Å². The summed E-state index contributed by atoms with van der Waals surface area (Å²) in [6, 6.07) is 18.4. The van der Waals surface area contributed by atoms with Crippen molar-refractivity contribution in [2.24, 2.45) is 5.10 Å². The van der Waals surface area contributed by atoms with E-state index < -0.39 is 22.5 Å². The van der Waals surface area contributed by atoms with E-state index in [-0.39, 0.29) is 15.7 Å². The highest BCUT2D eigenvalue weighted by atomic mass is 35.5. The number of carbonyl (C=O) groups excluding carboxylic acids is 1. The molecule has 0 radical (unpaired) electrons. The molecule has 1 aromatic heterocycles. The van der Waals surface area contributed by atoms with Crippen molar-refractivity contribution in [2.45, 2.75) is 18.7 Å². The Labute approximate surface area is 230 Å². The molecule has 0 atom stereocenters. The zero-order valence-electron chi connectivity index (χ0n) is 20.8. The van der Waals surface area contributed by atoms with Gasteiger partial charge in [0.1, 0.15) is 17.4 Å². The number of ether oxygens (including phenoxy) is 1. The van der Waals surface area contributed by atoms with E-state index in [0.717, 1.165) is 15.3 Å². The molecule has 1 heterocycles. The van der Waals surface area contributed by atoms with Crippen molar-refractivity contribution in [3.63, 3.8) is 0 Å². The van der Waals surface area contributed by atoms with Crippen LogP contribution in [0.1, 0.15) is 16.7 Å². The molecule has 4 rings (SSSR count). The minimum atomic E-state index is -4.10. The first-order valence-corrected chi connectivity index (χ1v) is 13.6. The Morgan fingerprint density at radius 1 is 1.05 bits per heavy atom. The number of rotatable bonds is 8. The molecule has 11 heteroatoms. The van der Waals surface area contributed by atoms with E-state index in [1.807, 2.05) is 13.0 Å². The Hall–Kier alpha value is -3.66. The summed E-state index contributed by atoms with van der Waals surface area (Å²) in [6.45, 7) is 3.07. The topological polar surface area (TPSA) is 101 Å². The van der Waals surface area contributed by atoms with Gasteiger partial charge in [0.25, 0.3) is 15.9 Å². The third-order valence-electron chi connectivity index (χ3n) is 5.73. The SMILES string of the molecule is COc1ccc2cc(/C=N\NC(=O)CN(c3cc(Cl)ccc3C)S(=O)(=O)c3ccc(C)cc3)c(Cl)nc2c1. The minimum Gasteiger partial charge on any atom is -0.497 e. The van der Waals surface area contributed by atoms with Crippen molar-refractivity contribution in [1.82, 2.24) is 10.4 Å². The zero-order valence-corrected chi connectivity index (χ0v) is 23.1. The number of halogens is 2. The lowest BCUT2D eigenvalue weighted by molar-refractivity contribution is -0.119. The van der Waals surface area contributed by atoms with Gasteiger partial charge in [-0.3, -0.25) is 9.10 Å². The molecule has 196 valence electrons. The number of methoxy groups -OCH3 is 1. The van der Waals surface area contributed by atoms with Gasteiger partial charge in [0.2, 0.25) is 0 Å². The van der Waals surface area contributed by atoms with Gasteiger partial charge >= 0.3 is 0 Å². The van der Waals surface area contributed by atoms with Crippen molar-refractivity contribution in [2.75, 3.05) is 18.0 Å². The number of hydrogen-bond acceptors (Lipinski definition) is 6. The van der Waals surface area contributed by atoms with Gasteiger partial charge in [0.05, 0.1) is 29.4 Å². The van der Waals surface area contributed by atoms with Gasteiger partial charge in [-0.25, -0.2) is 18.8 Å². The van der Waals surface area contributed by atoms with Crippen molar-refractivity contribution in [3.8, 4) is 5.75 Å². The number of nitrogens with one attached hydrogen (secondary N) is 1. The highest BCUT2D eigenvalue weighted by molar-refractivity contribution is 7.92. The number of hydrazone groups is 1. The van der Waals surface area contributed by atoms with Crippen molar-refractivity contribution in [3.05, 3.63) is 93.6 Å². The maximum Gasteiger partial charge on any atom is 0.264 e. The maximum absolute atomic E-state index is 13.6. The van der Waals surface area contributed by atoms with E-state index in [9.17, 15) is 13.2 Å². The summed E-state index contributed by atoms with van der Waals surface area (Å²) >= 11 is 12.5. The second kappa shape index (κ2) is 11.4. The lowest BCUT2D eigenvalue weighted by atomic mass is 10.1. The number of benzene rings is 3. The summed E-state index contributed by atoms with van der Waals surface area (Å²) in [5.74, 6) is -0.0132. The number of sulfonamides is 1. The number of amides is 1. The van der Waals surface area contributed by atoms with Gasteiger partial charge < -0.3 is 4.74 Å². The fraction of sp³-hybridized carbons (Fsp3) is 0.148. The number of aryl methyl sites for hydroxylation is 2. The highest BCUT2D eigenvalue weighted by Crippen LogP contribution is 2.29. The number of nitrogens with zero attached hydrogens (tertiary/aromatic N) is 3. The number of fused-ring (bicyclic) bond motifs is 1. The van der Waals surface area contributed by atoms with Crippen LogP contribution in [0.2, 0.25) is 10.2 Å². The van der Waals surface area contributed by atoms with E-state index in [1.54, 1.807) is 56.5 Å². The second-order valence-corrected chi connectivity index (χ2v) is 11.1. The largest absolute Gasteiger partial charge is 0.497 e. The summed E-state index contributed by atoms with van der Waals surface area (Å²) in [7, 11) is -2.54. The van der Waals surface area contributed by atoms with Gasteiger partial charge in [0, 0.05) is 22.0 Å². The quantitative estimate of drug-likeness (QED) is 0.171. The van der Waals surface area contributed by atoms with Gasteiger partial charge in [-0.05, 0) is 61.9 Å². The van der Waals surface area contributed by atoms with E-state index in [2.05, 4.69) is 15.5 Å². The third-order valence-corrected chi connectivity index (χ3v) is 8.05. The van der Waals surface area contributed by atoms with Crippen LogP contribution in [-0.2, 0) is 14.8 Å². The molecule has 0 saturated carbocycles.